The molecule has 0 unspecified atom stereocenters. The first-order valence-electron chi connectivity index (χ1n) is 4.77. The van der Waals surface area contributed by atoms with Crippen LogP contribution < -0.4 is 16.2 Å². The first-order chi connectivity index (χ1) is 7.22. The third-order valence-corrected chi connectivity index (χ3v) is 2.44. The highest BCUT2D eigenvalue weighted by Crippen LogP contribution is 2.19. The molecule has 0 radical (unpaired) electrons. The molecule has 3 N–H and O–H groups in total. The van der Waals surface area contributed by atoms with E-state index >= 15 is 0 Å². The van der Waals surface area contributed by atoms with E-state index in [-0.39, 0.29) is 11.5 Å². The summed E-state index contributed by atoms with van der Waals surface area (Å²) < 4.78 is 0. The quantitative estimate of drug-likeness (QED) is 0.662. The van der Waals surface area contributed by atoms with Gasteiger partial charge in [-0.2, -0.15) is 10.2 Å². The predicted octanol–water partition coefficient (Wildman–Crippen LogP) is -0.176. The minimum absolute atomic E-state index is 0.0473. The summed E-state index contributed by atoms with van der Waals surface area (Å²) in [6.45, 7) is 1.65. The van der Waals surface area contributed by atoms with E-state index in [1.165, 1.54) is 0 Å². The van der Waals surface area contributed by atoms with Crippen molar-refractivity contribution in [1.29, 1.82) is 5.26 Å². The average molecular weight is 205 g/mol. The van der Waals surface area contributed by atoms with E-state index in [4.69, 9.17) is 11.0 Å². The van der Waals surface area contributed by atoms with Gasteiger partial charge in [-0.15, -0.1) is 0 Å². The fraction of sp³-hybridized carbons (Fsp3) is 0.444. The Hall–Kier alpha value is -2.03. The summed E-state index contributed by atoms with van der Waals surface area (Å²) >= 11 is 0. The van der Waals surface area contributed by atoms with Crippen LogP contribution in [0.1, 0.15) is 18.4 Å². The SMILES string of the molecule is N#Cc1c(N2CCCC2)nc(N)[nH]c1=O. The van der Waals surface area contributed by atoms with Gasteiger partial charge in [0.15, 0.2) is 11.4 Å². The molecule has 0 saturated carbocycles. The highest BCUT2D eigenvalue weighted by Gasteiger charge is 2.19. The van der Waals surface area contributed by atoms with Gasteiger partial charge in [-0.25, -0.2) is 0 Å². The highest BCUT2D eigenvalue weighted by atomic mass is 16.1. The fourth-order valence-corrected chi connectivity index (χ4v) is 1.74. The molecule has 1 aromatic heterocycles. The lowest BCUT2D eigenvalue weighted by Crippen LogP contribution is -2.26. The van der Waals surface area contributed by atoms with Crippen LogP contribution in [0.5, 0.6) is 0 Å². The summed E-state index contributed by atoms with van der Waals surface area (Å²) in [4.78, 5) is 19.7. The van der Waals surface area contributed by atoms with Crippen LogP contribution in [-0.2, 0) is 0 Å². The Balaban J connectivity index is 2.54. The van der Waals surface area contributed by atoms with Crippen molar-refractivity contribution in [2.24, 2.45) is 0 Å². The van der Waals surface area contributed by atoms with Crippen LogP contribution in [0.15, 0.2) is 4.79 Å². The van der Waals surface area contributed by atoms with Crippen LogP contribution in [-0.4, -0.2) is 23.1 Å². The second-order valence-electron chi connectivity index (χ2n) is 3.46. The molecule has 1 aromatic rings. The van der Waals surface area contributed by atoms with Crippen molar-refractivity contribution in [2.75, 3.05) is 23.7 Å². The van der Waals surface area contributed by atoms with Crippen LogP contribution in [0.4, 0.5) is 11.8 Å². The first-order valence-corrected chi connectivity index (χ1v) is 4.77. The Morgan fingerprint density at radius 3 is 2.73 bits per heavy atom. The number of nitrogens with zero attached hydrogens (tertiary/aromatic N) is 3. The predicted molar refractivity (Wildman–Crippen MR) is 55.4 cm³/mol. The number of aromatic nitrogens is 2. The van der Waals surface area contributed by atoms with Crippen LogP contribution >= 0.6 is 0 Å². The number of H-pyrrole nitrogens is 1. The summed E-state index contributed by atoms with van der Waals surface area (Å²) in [6.07, 6.45) is 2.11. The summed E-state index contributed by atoms with van der Waals surface area (Å²) in [5, 5.41) is 8.87. The van der Waals surface area contributed by atoms with Crippen LogP contribution in [0, 0.1) is 11.3 Å². The van der Waals surface area contributed by atoms with Crippen molar-refractivity contribution in [3.63, 3.8) is 0 Å². The largest absolute Gasteiger partial charge is 0.369 e. The zero-order valence-electron chi connectivity index (χ0n) is 8.16. The summed E-state index contributed by atoms with van der Waals surface area (Å²) in [5.74, 6) is 0.470. The van der Waals surface area contributed by atoms with Gasteiger partial charge in [-0.05, 0) is 12.8 Å². The zero-order chi connectivity index (χ0) is 10.8. The number of nitrogen functional groups attached to an aromatic ring is 1. The van der Waals surface area contributed by atoms with Crippen LogP contribution in [0.3, 0.4) is 0 Å². The number of nitrogens with two attached hydrogens (primary N) is 1. The van der Waals surface area contributed by atoms with Crippen molar-refractivity contribution in [1.82, 2.24) is 9.97 Å². The number of anilines is 2. The molecule has 0 spiro atoms. The second-order valence-corrected chi connectivity index (χ2v) is 3.46. The lowest BCUT2D eigenvalue weighted by Gasteiger charge is -2.16. The van der Waals surface area contributed by atoms with Crippen LogP contribution in [0.25, 0.3) is 0 Å². The van der Waals surface area contributed by atoms with Crippen molar-refractivity contribution in [3.05, 3.63) is 15.9 Å². The topological polar surface area (TPSA) is 98.8 Å². The fourth-order valence-electron chi connectivity index (χ4n) is 1.74. The first kappa shape index (κ1) is 9.52. The zero-order valence-corrected chi connectivity index (χ0v) is 8.16. The molecular weight excluding hydrogens is 194 g/mol. The van der Waals surface area contributed by atoms with Gasteiger partial charge in [0.25, 0.3) is 5.56 Å². The molecule has 2 rings (SSSR count). The van der Waals surface area contributed by atoms with Crippen molar-refractivity contribution in [3.8, 4) is 6.07 Å². The number of nitriles is 1. The molecule has 0 bridgehead atoms. The molecule has 0 atom stereocenters. The minimum atomic E-state index is -0.466. The van der Waals surface area contributed by atoms with Gasteiger partial charge in [-0.3, -0.25) is 9.78 Å². The van der Waals surface area contributed by atoms with Crippen LogP contribution in [0.2, 0.25) is 0 Å². The Morgan fingerprint density at radius 2 is 2.13 bits per heavy atom. The molecule has 1 aliphatic heterocycles. The van der Waals surface area contributed by atoms with E-state index in [9.17, 15) is 4.79 Å². The molecule has 0 aliphatic carbocycles. The summed E-state index contributed by atoms with van der Waals surface area (Å²) in [5.41, 5.74) is 5.03. The lowest BCUT2D eigenvalue weighted by molar-refractivity contribution is 0.920. The lowest BCUT2D eigenvalue weighted by atomic mass is 10.3. The number of hydrogen-bond acceptors (Lipinski definition) is 5. The molecule has 6 heteroatoms. The maximum atomic E-state index is 11.4. The van der Waals surface area contributed by atoms with Gasteiger partial charge in [0.05, 0.1) is 0 Å². The molecule has 2 heterocycles. The molecule has 6 nitrogen and oxygen atoms in total. The van der Waals surface area contributed by atoms with Gasteiger partial charge < -0.3 is 10.6 Å². The number of hydrogen-bond donors (Lipinski definition) is 2. The highest BCUT2D eigenvalue weighted by molar-refractivity contribution is 5.55. The van der Waals surface area contributed by atoms with Crippen molar-refractivity contribution < 1.29 is 0 Å². The van der Waals surface area contributed by atoms with E-state index in [1.54, 1.807) is 0 Å². The van der Waals surface area contributed by atoms with Gasteiger partial charge in [-0.1, -0.05) is 0 Å². The van der Waals surface area contributed by atoms with E-state index in [2.05, 4.69) is 9.97 Å². The molecule has 0 amide bonds. The van der Waals surface area contributed by atoms with Crippen molar-refractivity contribution >= 4 is 11.8 Å². The molecule has 78 valence electrons. The number of rotatable bonds is 1. The third-order valence-electron chi connectivity index (χ3n) is 2.44. The second kappa shape index (κ2) is 3.61. The summed E-state index contributed by atoms with van der Waals surface area (Å²) in [6, 6.07) is 1.86. The Bertz CT molecular complexity index is 466. The normalized spacial score (nSPS) is 15.3. The smallest absolute Gasteiger partial charge is 0.272 e. The van der Waals surface area contributed by atoms with Gasteiger partial charge in [0.2, 0.25) is 5.95 Å². The molecule has 15 heavy (non-hydrogen) atoms. The molecule has 1 fully saturated rings. The average Bonchev–Trinajstić information content (AvgIpc) is 2.69. The van der Waals surface area contributed by atoms with Crippen molar-refractivity contribution in [2.45, 2.75) is 12.8 Å². The van der Waals surface area contributed by atoms with Gasteiger partial charge >= 0.3 is 0 Å². The third kappa shape index (κ3) is 1.64. The van der Waals surface area contributed by atoms with E-state index in [0.717, 1.165) is 25.9 Å². The molecule has 1 saturated heterocycles. The Labute approximate surface area is 86.3 Å². The summed E-state index contributed by atoms with van der Waals surface area (Å²) in [7, 11) is 0. The maximum absolute atomic E-state index is 11.4. The molecule has 1 aliphatic rings. The Morgan fingerprint density at radius 1 is 1.47 bits per heavy atom. The molecular formula is C9H11N5O. The number of aromatic amines is 1. The van der Waals surface area contributed by atoms with E-state index < -0.39 is 5.56 Å². The standard InChI is InChI=1S/C9H11N5O/c10-5-6-7(14-3-1-2-4-14)12-9(11)13-8(6)15/h1-4H2,(H3,11,12,13,15). The van der Waals surface area contributed by atoms with E-state index in [1.807, 2.05) is 11.0 Å². The van der Waals surface area contributed by atoms with Gasteiger partial charge in [0, 0.05) is 13.1 Å². The molecule has 0 aromatic carbocycles. The maximum Gasteiger partial charge on any atom is 0.272 e. The monoisotopic (exact) mass is 205 g/mol. The number of nitrogens with one attached hydrogen (secondary N) is 1. The minimum Gasteiger partial charge on any atom is -0.369 e. The Kier molecular flexibility index (Phi) is 2.29. The van der Waals surface area contributed by atoms with Gasteiger partial charge in [0.1, 0.15) is 6.07 Å². The van der Waals surface area contributed by atoms with E-state index in [0.29, 0.717) is 5.82 Å².